The van der Waals surface area contributed by atoms with Crippen molar-refractivity contribution in [2.75, 3.05) is 19.6 Å². The van der Waals surface area contributed by atoms with Gasteiger partial charge in [-0.05, 0) is 30.4 Å². The maximum atomic E-state index is 13.7. The van der Waals surface area contributed by atoms with E-state index < -0.39 is 5.82 Å². The van der Waals surface area contributed by atoms with Crippen LogP contribution in [0.4, 0.5) is 4.39 Å². The first-order valence-electron chi connectivity index (χ1n) is 7.48. The number of Topliss-reactive ketones (excluding diaryl/α,β-unsaturated/α-hetero) is 1. The zero-order valence-electron chi connectivity index (χ0n) is 12.6. The number of carbonyl (C=O) groups is 1. The van der Waals surface area contributed by atoms with E-state index in [1.165, 1.54) is 12.5 Å². The van der Waals surface area contributed by atoms with E-state index >= 15 is 0 Å². The third-order valence-electron chi connectivity index (χ3n) is 4.06. The molecule has 3 heteroatoms. The van der Waals surface area contributed by atoms with Crippen LogP contribution in [0.5, 0.6) is 0 Å². The molecule has 0 N–H and O–H groups in total. The molecule has 110 valence electrons. The molecule has 1 aliphatic rings. The Morgan fingerprint density at radius 2 is 1.90 bits per heavy atom. The quantitative estimate of drug-likeness (QED) is 0.783. The van der Waals surface area contributed by atoms with Gasteiger partial charge in [0.25, 0.3) is 0 Å². The molecule has 0 saturated carbocycles. The summed E-state index contributed by atoms with van der Waals surface area (Å²) in [5.41, 5.74) is 0.220. The molecule has 2 rings (SSSR count). The van der Waals surface area contributed by atoms with Crippen molar-refractivity contribution >= 4 is 5.78 Å². The molecule has 0 radical (unpaired) electrons. The van der Waals surface area contributed by atoms with Gasteiger partial charge in [0.2, 0.25) is 0 Å². The highest BCUT2D eigenvalue weighted by atomic mass is 19.1. The lowest BCUT2D eigenvalue weighted by Crippen LogP contribution is -2.42. The first-order chi connectivity index (χ1) is 9.47. The highest BCUT2D eigenvalue weighted by Gasteiger charge is 2.26. The van der Waals surface area contributed by atoms with Crippen molar-refractivity contribution in [1.29, 1.82) is 0 Å². The van der Waals surface area contributed by atoms with Gasteiger partial charge in [-0.1, -0.05) is 32.9 Å². The summed E-state index contributed by atoms with van der Waals surface area (Å²) in [4.78, 5) is 14.7. The lowest BCUT2D eigenvalue weighted by molar-refractivity contribution is 0.0824. The fourth-order valence-corrected chi connectivity index (χ4v) is 3.34. The van der Waals surface area contributed by atoms with Crippen LogP contribution in [0, 0.1) is 23.6 Å². The van der Waals surface area contributed by atoms with Crippen LogP contribution in [0.1, 0.15) is 37.6 Å². The molecule has 3 atom stereocenters. The summed E-state index contributed by atoms with van der Waals surface area (Å²) in [6, 6.07) is 6.26. The Bertz CT molecular complexity index is 464. The van der Waals surface area contributed by atoms with Gasteiger partial charge in [-0.15, -0.1) is 0 Å². The first-order valence-corrected chi connectivity index (χ1v) is 7.48. The van der Waals surface area contributed by atoms with Crippen LogP contribution >= 0.6 is 0 Å². The van der Waals surface area contributed by atoms with E-state index in [-0.39, 0.29) is 17.3 Å². The summed E-state index contributed by atoms with van der Waals surface area (Å²) in [5, 5.41) is 0. The van der Waals surface area contributed by atoms with Crippen LogP contribution in [0.2, 0.25) is 0 Å². The van der Waals surface area contributed by atoms with Crippen molar-refractivity contribution < 1.29 is 9.18 Å². The van der Waals surface area contributed by atoms with Gasteiger partial charge in [0.1, 0.15) is 5.82 Å². The normalized spacial score (nSPS) is 25.4. The summed E-state index contributed by atoms with van der Waals surface area (Å²) in [7, 11) is 0. The number of hydrogen-bond donors (Lipinski definition) is 0. The number of benzene rings is 1. The first kappa shape index (κ1) is 15.2. The highest BCUT2D eigenvalue weighted by molar-refractivity contribution is 5.98. The van der Waals surface area contributed by atoms with Crippen LogP contribution in [0.3, 0.4) is 0 Å². The SMILES string of the molecule is CC1CC(C)CN(CC(C)C(=O)c2ccccc2F)C1. The summed E-state index contributed by atoms with van der Waals surface area (Å²) in [5.74, 6) is 0.687. The van der Waals surface area contributed by atoms with Crippen LogP contribution in [-0.4, -0.2) is 30.3 Å². The van der Waals surface area contributed by atoms with Gasteiger partial charge in [-0.3, -0.25) is 4.79 Å². The van der Waals surface area contributed by atoms with Gasteiger partial charge in [0.05, 0.1) is 5.56 Å². The van der Waals surface area contributed by atoms with Gasteiger partial charge in [0, 0.05) is 25.6 Å². The molecule has 0 aromatic heterocycles. The monoisotopic (exact) mass is 277 g/mol. The molecule has 3 unspecified atom stereocenters. The standard InChI is InChI=1S/C17H24FNO/c1-12-8-13(2)10-19(9-12)11-14(3)17(20)15-6-4-5-7-16(15)18/h4-7,12-14H,8-11H2,1-3H3. The Morgan fingerprint density at radius 1 is 1.30 bits per heavy atom. The Hall–Kier alpha value is -1.22. The third kappa shape index (κ3) is 3.66. The largest absolute Gasteiger partial charge is 0.302 e. The van der Waals surface area contributed by atoms with Gasteiger partial charge < -0.3 is 4.90 Å². The summed E-state index contributed by atoms with van der Waals surface area (Å²) < 4.78 is 13.7. The summed E-state index contributed by atoms with van der Waals surface area (Å²) in [6.07, 6.45) is 1.26. The Balaban J connectivity index is 1.99. The molecule has 0 bridgehead atoms. The topological polar surface area (TPSA) is 20.3 Å². The van der Waals surface area contributed by atoms with E-state index in [1.807, 2.05) is 6.92 Å². The number of nitrogens with zero attached hydrogens (tertiary/aromatic N) is 1. The predicted molar refractivity (Wildman–Crippen MR) is 79.3 cm³/mol. The molecule has 0 spiro atoms. The van der Waals surface area contributed by atoms with Gasteiger partial charge in [0.15, 0.2) is 5.78 Å². The van der Waals surface area contributed by atoms with Crippen LogP contribution in [0.25, 0.3) is 0 Å². The molecule has 1 heterocycles. The number of halogens is 1. The predicted octanol–water partition coefficient (Wildman–Crippen LogP) is 3.62. The van der Waals surface area contributed by atoms with Crippen molar-refractivity contribution in [3.63, 3.8) is 0 Å². The number of carbonyl (C=O) groups excluding carboxylic acids is 1. The molecule has 1 aromatic rings. The van der Waals surface area contributed by atoms with Crippen molar-refractivity contribution in [2.45, 2.75) is 27.2 Å². The Labute approximate surface area is 121 Å². The van der Waals surface area contributed by atoms with Crippen molar-refractivity contribution in [3.8, 4) is 0 Å². The van der Waals surface area contributed by atoms with Crippen molar-refractivity contribution in [1.82, 2.24) is 4.90 Å². The molecule has 20 heavy (non-hydrogen) atoms. The Morgan fingerprint density at radius 3 is 2.50 bits per heavy atom. The molecule has 0 aliphatic carbocycles. The maximum Gasteiger partial charge on any atom is 0.169 e. The van der Waals surface area contributed by atoms with E-state index in [1.54, 1.807) is 18.2 Å². The van der Waals surface area contributed by atoms with Gasteiger partial charge in [-0.2, -0.15) is 0 Å². The van der Waals surface area contributed by atoms with Crippen LogP contribution < -0.4 is 0 Å². The van der Waals surface area contributed by atoms with Crippen LogP contribution in [-0.2, 0) is 0 Å². The molecule has 1 aliphatic heterocycles. The van der Waals surface area contributed by atoms with E-state index in [2.05, 4.69) is 18.7 Å². The van der Waals surface area contributed by atoms with E-state index in [4.69, 9.17) is 0 Å². The lowest BCUT2D eigenvalue weighted by Gasteiger charge is -2.36. The number of hydrogen-bond acceptors (Lipinski definition) is 2. The molecule has 2 nitrogen and oxygen atoms in total. The van der Waals surface area contributed by atoms with E-state index in [9.17, 15) is 9.18 Å². The molecule has 1 fully saturated rings. The second-order valence-electron chi connectivity index (χ2n) is 6.41. The second kappa shape index (κ2) is 6.49. The lowest BCUT2D eigenvalue weighted by atomic mass is 9.90. The molecular formula is C17H24FNO. The maximum absolute atomic E-state index is 13.7. The number of ketones is 1. The zero-order chi connectivity index (χ0) is 14.7. The molecule has 1 aromatic carbocycles. The minimum absolute atomic E-state index is 0.0889. The number of rotatable bonds is 4. The fourth-order valence-electron chi connectivity index (χ4n) is 3.34. The van der Waals surface area contributed by atoms with Gasteiger partial charge >= 0.3 is 0 Å². The van der Waals surface area contributed by atoms with E-state index in [0.717, 1.165) is 19.6 Å². The van der Waals surface area contributed by atoms with Crippen LogP contribution in [0.15, 0.2) is 24.3 Å². The third-order valence-corrected chi connectivity index (χ3v) is 4.06. The summed E-state index contributed by atoms with van der Waals surface area (Å²) in [6.45, 7) is 9.22. The second-order valence-corrected chi connectivity index (χ2v) is 6.41. The number of likely N-dealkylation sites (tertiary alicyclic amines) is 1. The zero-order valence-corrected chi connectivity index (χ0v) is 12.6. The average Bonchev–Trinajstić information content (AvgIpc) is 2.37. The molecule has 1 saturated heterocycles. The average molecular weight is 277 g/mol. The highest BCUT2D eigenvalue weighted by Crippen LogP contribution is 2.22. The molecule has 0 amide bonds. The van der Waals surface area contributed by atoms with Crippen molar-refractivity contribution in [2.24, 2.45) is 17.8 Å². The Kier molecular flexibility index (Phi) is 4.92. The fraction of sp³-hybridized carbons (Fsp3) is 0.588. The smallest absolute Gasteiger partial charge is 0.169 e. The minimum atomic E-state index is -0.412. The van der Waals surface area contributed by atoms with E-state index in [0.29, 0.717) is 11.8 Å². The summed E-state index contributed by atoms with van der Waals surface area (Å²) >= 11 is 0. The minimum Gasteiger partial charge on any atom is -0.302 e. The molecular weight excluding hydrogens is 253 g/mol. The van der Waals surface area contributed by atoms with Gasteiger partial charge in [-0.25, -0.2) is 4.39 Å². The number of piperidine rings is 1. The van der Waals surface area contributed by atoms with Crippen molar-refractivity contribution in [3.05, 3.63) is 35.6 Å².